The molecule has 0 aliphatic carbocycles. The summed E-state index contributed by atoms with van der Waals surface area (Å²) in [6.07, 6.45) is 3.13. The first kappa shape index (κ1) is 22.4. The van der Waals surface area contributed by atoms with E-state index in [1.165, 1.54) is 6.07 Å². The maximum atomic E-state index is 14.9. The van der Waals surface area contributed by atoms with Gasteiger partial charge in [-0.25, -0.2) is 18.7 Å². The van der Waals surface area contributed by atoms with E-state index in [2.05, 4.69) is 30.8 Å². The maximum absolute atomic E-state index is 14.9. The molecule has 34 heavy (non-hydrogen) atoms. The molecule has 10 heteroatoms. The molecule has 3 aromatic rings. The van der Waals surface area contributed by atoms with Crippen LogP contribution in [0.1, 0.15) is 38.3 Å². The van der Waals surface area contributed by atoms with Crippen LogP contribution in [0.2, 0.25) is 0 Å². The lowest BCUT2D eigenvalue weighted by Gasteiger charge is -2.34. The third kappa shape index (κ3) is 4.50. The van der Waals surface area contributed by atoms with Crippen LogP contribution in [0.5, 0.6) is 5.75 Å². The van der Waals surface area contributed by atoms with Crippen molar-refractivity contribution in [2.45, 2.75) is 38.6 Å². The number of fused-ring (bicyclic) bond motifs is 1. The Bertz CT molecular complexity index is 1170. The summed E-state index contributed by atoms with van der Waals surface area (Å²) in [5.74, 6) is -0.0261. The zero-order valence-corrected chi connectivity index (χ0v) is 19.2. The summed E-state index contributed by atoms with van der Waals surface area (Å²) in [4.78, 5) is 10.4. The highest BCUT2D eigenvalue weighted by Crippen LogP contribution is 2.39. The summed E-state index contributed by atoms with van der Waals surface area (Å²) < 4.78 is 35.1. The fraction of sp³-hybridized carbons (Fsp3) is 0.417. The molecule has 2 aliphatic heterocycles. The van der Waals surface area contributed by atoms with E-state index in [1.807, 2.05) is 30.9 Å². The predicted octanol–water partition coefficient (Wildman–Crippen LogP) is 4.03. The van der Waals surface area contributed by atoms with E-state index in [9.17, 15) is 8.78 Å². The second-order valence-corrected chi connectivity index (χ2v) is 8.82. The molecule has 0 radical (unpaired) electrons. The van der Waals surface area contributed by atoms with Crippen LogP contribution >= 0.6 is 0 Å². The first-order valence-electron chi connectivity index (χ1n) is 11.6. The molecule has 0 unspecified atom stereocenters. The van der Waals surface area contributed by atoms with E-state index in [4.69, 9.17) is 4.74 Å². The average molecular weight is 468 g/mol. The number of piperidine rings is 1. The van der Waals surface area contributed by atoms with Crippen LogP contribution in [0.3, 0.4) is 0 Å². The molecular weight excluding hydrogens is 440 g/mol. The molecule has 1 fully saturated rings. The van der Waals surface area contributed by atoms with Crippen LogP contribution in [0.25, 0.3) is 11.3 Å². The Kier molecular flexibility index (Phi) is 6.23. The van der Waals surface area contributed by atoms with E-state index in [0.29, 0.717) is 36.1 Å². The molecular formula is C24H27F2N7O. The van der Waals surface area contributed by atoms with Gasteiger partial charge in [0.15, 0.2) is 23.2 Å². The van der Waals surface area contributed by atoms with Gasteiger partial charge in [0.25, 0.3) is 0 Å². The Morgan fingerprint density at radius 3 is 2.68 bits per heavy atom. The SMILES string of the molecule is CC(C)N1CCOc2c(F)cc(-c3nc(Nc4ccc(C5CCNCC5)nn4)ncc3F)cc21. The Morgan fingerprint density at radius 2 is 1.94 bits per heavy atom. The van der Waals surface area contributed by atoms with Gasteiger partial charge in [0, 0.05) is 17.5 Å². The van der Waals surface area contributed by atoms with Crippen molar-refractivity contribution in [3.05, 3.63) is 47.8 Å². The van der Waals surface area contributed by atoms with E-state index < -0.39 is 11.6 Å². The van der Waals surface area contributed by atoms with Crippen molar-refractivity contribution in [1.82, 2.24) is 25.5 Å². The summed E-state index contributed by atoms with van der Waals surface area (Å²) >= 11 is 0. The highest BCUT2D eigenvalue weighted by molar-refractivity contribution is 5.73. The maximum Gasteiger partial charge on any atom is 0.229 e. The van der Waals surface area contributed by atoms with Gasteiger partial charge in [-0.2, -0.15) is 5.10 Å². The normalized spacial score (nSPS) is 16.3. The van der Waals surface area contributed by atoms with Crippen molar-refractivity contribution >= 4 is 17.5 Å². The lowest BCUT2D eigenvalue weighted by molar-refractivity contribution is 0.287. The molecule has 0 amide bonds. The number of hydrogen-bond acceptors (Lipinski definition) is 8. The summed E-state index contributed by atoms with van der Waals surface area (Å²) in [6.45, 7) is 7.01. The van der Waals surface area contributed by atoms with Gasteiger partial charge in [-0.3, -0.25) is 0 Å². The lowest BCUT2D eigenvalue weighted by atomic mass is 9.94. The third-order valence-corrected chi connectivity index (χ3v) is 6.24. The van der Waals surface area contributed by atoms with E-state index >= 15 is 0 Å². The van der Waals surface area contributed by atoms with Crippen molar-refractivity contribution < 1.29 is 13.5 Å². The minimum absolute atomic E-state index is 0.00670. The number of hydrogen-bond donors (Lipinski definition) is 2. The smallest absolute Gasteiger partial charge is 0.229 e. The minimum atomic E-state index is -0.648. The van der Waals surface area contributed by atoms with Gasteiger partial charge in [-0.15, -0.1) is 5.10 Å². The summed E-state index contributed by atoms with van der Waals surface area (Å²) in [6, 6.07) is 6.84. The number of benzene rings is 1. The molecule has 2 N–H and O–H groups in total. The first-order chi connectivity index (χ1) is 16.5. The highest BCUT2D eigenvalue weighted by atomic mass is 19.1. The zero-order chi connectivity index (χ0) is 23.7. The molecule has 178 valence electrons. The number of nitrogens with one attached hydrogen (secondary N) is 2. The lowest BCUT2D eigenvalue weighted by Crippen LogP contribution is -2.38. The van der Waals surface area contributed by atoms with Crippen LogP contribution in [-0.4, -0.2) is 52.4 Å². The summed E-state index contributed by atoms with van der Waals surface area (Å²) in [5.41, 5.74) is 1.84. The fourth-order valence-electron chi connectivity index (χ4n) is 4.46. The van der Waals surface area contributed by atoms with Crippen LogP contribution in [0.4, 0.5) is 26.2 Å². The number of halogens is 2. The quantitative estimate of drug-likeness (QED) is 0.582. The number of aromatic nitrogens is 4. The third-order valence-electron chi connectivity index (χ3n) is 6.24. The molecule has 2 aliphatic rings. The zero-order valence-electron chi connectivity index (χ0n) is 19.2. The second kappa shape index (κ2) is 9.46. The summed E-state index contributed by atoms with van der Waals surface area (Å²) in [5, 5.41) is 14.9. The van der Waals surface area contributed by atoms with E-state index in [0.717, 1.165) is 37.8 Å². The number of rotatable bonds is 5. The molecule has 8 nitrogen and oxygen atoms in total. The Balaban J connectivity index is 1.41. The van der Waals surface area contributed by atoms with Crippen LogP contribution in [0, 0.1) is 11.6 Å². The average Bonchev–Trinajstić information content (AvgIpc) is 2.86. The van der Waals surface area contributed by atoms with Crippen molar-refractivity contribution in [2.75, 3.05) is 36.5 Å². The molecule has 5 rings (SSSR count). The van der Waals surface area contributed by atoms with Gasteiger partial charge in [0.05, 0.1) is 24.1 Å². The molecule has 0 spiro atoms. The van der Waals surface area contributed by atoms with E-state index in [-0.39, 0.29) is 23.4 Å². The highest BCUT2D eigenvalue weighted by Gasteiger charge is 2.26. The Labute approximate surface area is 196 Å². The van der Waals surface area contributed by atoms with Crippen LogP contribution in [0.15, 0.2) is 30.5 Å². The molecule has 0 atom stereocenters. The Hall–Kier alpha value is -3.40. The standard InChI is InChI=1S/C24H27F2N7O/c1-14(2)33-9-10-34-23-17(25)11-16(12-20(23)33)22-18(26)13-28-24(30-22)29-21-4-3-19(31-32-21)15-5-7-27-8-6-15/h3-4,11-15,27H,5-10H2,1-2H3,(H,28,29,30,32). The van der Waals surface area contributed by atoms with E-state index in [1.54, 1.807) is 6.07 Å². The van der Waals surface area contributed by atoms with Crippen molar-refractivity contribution in [3.63, 3.8) is 0 Å². The van der Waals surface area contributed by atoms with Crippen molar-refractivity contribution in [3.8, 4) is 17.0 Å². The summed E-state index contributed by atoms with van der Waals surface area (Å²) in [7, 11) is 0. The molecule has 1 saturated heterocycles. The molecule has 0 saturated carbocycles. The number of anilines is 3. The Morgan fingerprint density at radius 1 is 1.12 bits per heavy atom. The number of nitrogens with zero attached hydrogens (tertiary/aromatic N) is 5. The van der Waals surface area contributed by atoms with Crippen LogP contribution in [-0.2, 0) is 0 Å². The molecule has 4 heterocycles. The monoisotopic (exact) mass is 467 g/mol. The molecule has 0 bridgehead atoms. The van der Waals surface area contributed by atoms with Gasteiger partial charge in [-0.1, -0.05) is 0 Å². The minimum Gasteiger partial charge on any atom is -0.486 e. The molecule has 2 aromatic heterocycles. The van der Waals surface area contributed by atoms with Crippen molar-refractivity contribution in [2.24, 2.45) is 0 Å². The largest absolute Gasteiger partial charge is 0.486 e. The van der Waals surface area contributed by atoms with Gasteiger partial charge < -0.3 is 20.3 Å². The number of ether oxygens (including phenoxy) is 1. The first-order valence-corrected chi connectivity index (χ1v) is 11.6. The topological polar surface area (TPSA) is 88.1 Å². The van der Waals surface area contributed by atoms with Gasteiger partial charge >= 0.3 is 0 Å². The molecule has 1 aromatic carbocycles. The second-order valence-electron chi connectivity index (χ2n) is 8.82. The van der Waals surface area contributed by atoms with Gasteiger partial charge in [0.1, 0.15) is 12.3 Å². The van der Waals surface area contributed by atoms with Crippen molar-refractivity contribution in [1.29, 1.82) is 0 Å². The van der Waals surface area contributed by atoms with Gasteiger partial charge in [0.2, 0.25) is 5.95 Å². The fourth-order valence-corrected chi connectivity index (χ4v) is 4.46. The van der Waals surface area contributed by atoms with Gasteiger partial charge in [-0.05, 0) is 64.0 Å². The van der Waals surface area contributed by atoms with Crippen LogP contribution < -0.4 is 20.3 Å². The predicted molar refractivity (Wildman–Crippen MR) is 126 cm³/mol.